The first kappa shape index (κ1) is 90.7. The predicted molar refractivity (Wildman–Crippen MR) is 487 cm³/mol. The van der Waals surface area contributed by atoms with Crippen LogP contribution in [0.1, 0.15) is 76.1 Å². The lowest BCUT2D eigenvalue weighted by Crippen LogP contribution is -2.16. The lowest BCUT2D eigenvalue weighted by Gasteiger charge is -2.06. The minimum absolute atomic E-state index is 0. The Balaban J connectivity index is 0.000000261. The van der Waals surface area contributed by atoms with E-state index >= 15 is 0 Å². The SMILES string of the molecule is C.C.COc1ccc(C)cc1.C[B]c1ccccc1.C[B]c1ccccc1.Cc1ccc(C[B]c2ccccc2)c(C)c1.Cc1ccc(C[B]c2ccccc2)cc1.Cc1ccc(C[B]c2ccccc2)cc1.Cc1ccc(F)cc1.[B](Cc1ccccc1)c1ccccc1.[B](Cc1ccccc1)c1ccccc1. The van der Waals surface area contributed by atoms with Crippen molar-refractivity contribution in [3.63, 3.8) is 0 Å². The van der Waals surface area contributed by atoms with Crippen molar-refractivity contribution < 1.29 is 9.13 Å². The van der Waals surface area contributed by atoms with Crippen molar-refractivity contribution in [3.8, 4) is 5.75 Å². The fraction of sp³-hybridized carbons (Fsp3) is 0.160. The molecule has 0 saturated heterocycles. The summed E-state index contributed by atoms with van der Waals surface area (Å²) in [6.45, 7) is 16.6. The molecular weight excluding hydrogens is 1310 g/mol. The summed E-state index contributed by atoms with van der Waals surface area (Å²) in [5, 5.41) is 0. The van der Waals surface area contributed by atoms with Crippen LogP contribution < -0.4 is 43.0 Å². The molecule has 0 fully saturated rings. The molecule has 0 aromatic heterocycles. The highest BCUT2D eigenvalue weighted by Gasteiger charge is 2.03. The number of benzene rings is 14. The number of rotatable bonds is 18. The number of ether oxygens (including phenoxy) is 1. The smallest absolute Gasteiger partial charge is 0.156 e. The van der Waals surface area contributed by atoms with E-state index in [0.717, 1.165) is 42.9 Å². The number of methoxy groups -OCH3 is 1. The molecule has 7 radical (unpaired) electrons. The van der Waals surface area contributed by atoms with Gasteiger partial charge in [0.05, 0.1) is 7.11 Å². The van der Waals surface area contributed by atoms with E-state index in [9.17, 15) is 4.39 Å². The first-order valence-electron chi connectivity index (χ1n) is 37.0. The van der Waals surface area contributed by atoms with Crippen molar-refractivity contribution in [1.82, 2.24) is 0 Å². The van der Waals surface area contributed by atoms with Crippen molar-refractivity contribution in [1.29, 1.82) is 0 Å². The topological polar surface area (TPSA) is 9.23 Å². The quantitative estimate of drug-likeness (QED) is 0.0778. The van der Waals surface area contributed by atoms with Crippen molar-refractivity contribution in [3.05, 3.63) is 455 Å². The molecule has 0 aliphatic carbocycles. The van der Waals surface area contributed by atoms with Gasteiger partial charge in [0.15, 0.2) is 36.4 Å². The van der Waals surface area contributed by atoms with Crippen LogP contribution in [-0.2, 0) is 31.6 Å². The molecule has 14 aromatic rings. The summed E-state index contributed by atoms with van der Waals surface area (Å²) in [7, 11) is 17.1. The molecular formula is C100H109B7FO. The Labute approximate surface area is 663 Å². The fourth-order valence-electron chi connectivity index (χ4n) is 10.4. The van der Waals surface area contributed by atoms with Crippen LogP contribution in [0.25, 0.3) is 0 Å². The van der Waals surface area contributed by atoms with Crippen molar-refractivity contribution >= 4 is 89.2 Å². The summed E-state index contributed by atoms with van der Waals surface area (Å²) in [6, 6.07) is 132. The van der Waals surface area contributed by atoms with Gasteiger partial charge in [0.2, 0.25) is 0 Å². The number of aryl methyl sites for hydroxylation is 6. The summed E-state index contributed by atoms with van der Waals surface area (Å²) in [5.41, 5.74) is 23.6. The van der Waals surface area contributed by atoms with Gasteiger partial charge in [-0.05, 0) is 103 Å². The van der Waals surface area contributed by atoms with Crippen molar-refractivity contribution in [2.45, 2.75) is 102 Å². The molecule has 0 saturated carbocycles. The zero-order chi connectivity index (χ0) is 76.0. The van der Waals surface area contributed by atoms with E-state index in [1.807, 2.05) is 118 Å². The van der Waals surface area contributed by atoms with E-state index in [-0.39, 0.29) is 20.7 Å². The lowest BCUT2D eigenvalue weighted by atomic mass is 9.65. The maximum Gasteiger partial charge on any atom is 0.156 e. The van der Waals surface area contributed by atoms with E-state index < -0.39 is 0 Å². The summed E-state index contributed by atoms with van der Waals surface area (Å²) in [5.74, 6) is 0.746. The molecule has 0 amide bonds. The van der Waals surface area contributed by atoms with Crippen LogP contribution in [0.4, 0.5) is 4.39 Å². The van der Waals surface area contributed by atoms with Gasteiger partial charge < -0.3 is 4.74 Å². The normalized spacial score (nSPS) is 9.41. The maximum atomic E-state index is 12.1. The van der Waals surface area contributed by atoms with Gasteiger partial charge in [0.1, 0.15) is 26.1 Å². The Bertz CT molecular complexity index is 4150. The summed E-state index contributed by atoms with van der Waals surface area (Å²) >= 11 is 0. The average Bonchev–Trinajstić information content (AvgIpc) is 0.784. The zero-order valence-corrected chi connectivity index (χ0v) is 64.3. The second-order valence-electron chi connectivity index (χ2n) is 25.7. The highest BCUT2D eigenvalue weighted by molar-refractivity contribution is 6.55. The molecule has 0 spiro atoms. The van der Waals surface area contributed by atoms with Gasteiger partial charge in [-0.3, -0.25) is 0 Å². The highest BCUT2D eigenvalue weighted by atomic mass is 19.1. The minimum atomic E-state index is -0.171. The first-order chi connectivity index (χ1) is 52.3. The average molecular weight is 1420 g/mol. The lowest BCUT2D eigenvalue weighted by molar-refractivity contribution is 0.414. The van der Waals surface area contributed by atoms with E-state index in [1.54, 1.807) is 19.2 Å². The Morgan fingerprint density at radius 2 is 0.459 bits per heavy atom. The third-order valence-corrected chi connectivity index (χ3v) is 16.8. The Hall–Kier alpha value is -10.7. The highest BCUT2D eigenvalue weighted by Crippen LogP contribution is 2.12. The molecule has 0 aliphatic rings. The Kier molecular flexibility index (Phi) is 47.0. The van der Waals surface area contributed by atoms with Gasteiger partial charge in [0.25, 0.3) is 0 Å². The Morgan fingerprint density at radius 3 is 0.697 bits per heavy atom. The van der Waals surface area contributed by atoms with Crippen LogP contribution in [0.2, 0.25) is 13.6 Å². The van der Waals surface area contributed by atoms with Gasteiger partial charge in [0, 0.05) is 0 Å². The summed E-state index contributed by atoms with van der Waals surface area (Å²) in [4.78, 5) is 0. The molecule has 0 bridgehead atoms. The van der Waals surface area contributed by atoms with Crippen molar-refractivity contribution in [2.24, 2.45) is 0 Å². The number of halogens is 1. The van der Waals surface area contributed by atoms with Crippen LogP contribution >= 0.6 is 0 Å². The Morgan fingerprint density at radius 1 is 0.239 bits per heavy atom. The third-order valence-electron chi connectivity index (χ3n) is 16.8. The van der Waals surface area contributed by atoms with Gasteiger partial charge >= 0.3 is 0 Å². The van der Waals surface area contributed by atoms with Gasteiger partial charge in [-0.1, -0.05) is 486 Å². The standard InChI is InChI=1S/C15H16B.2C14H14B.2C13H12B.C8H10O.2C7H8B.C7H7F.2CH4/c1-12-8-9-14(13(2)10-12)11-16-15-6-4-3-5-7-15;2*1-12-7-9-13(10-8-12)11-15-14-5-3-2-4-6-14;2*1-3-7-12(8-4-1)11-14-13-9-5-2-6-10-13;1-7-3-5-8(9-2)6-4-7;2*1-8-7-5-3-2-4-6-7;1-6-2-4-7(8)5-3-6;;/h3-10H,11H2,1-2H3;2*2-10H,11H2,1H3;2*1-10H,11H2;3-6H,1-2H3;2*2-6H,1H3;2-5H,1H3;2*1H4. The second kappa shape index (κ2) is 56.5. The molecule has 1 nitrogen and oxygen atoms in total. The molecule has 0 N–H and O–H groups in total. The monoisotopic (exact) mass is 1420 g/mol. The molecule has 9 heteroatoms. The van der Waals surface area contributed by atoms with E-state index in [2.05, 4.69) is 352 Å². The van der Waals surface area contributed by atoms with Crippen LogP contribution in [0.5, 0.6) is 5.75 Å². The van der Waals surface area contributed by atoms with E-state index in [4.69, 9.17) is 4.74 Å². The van der Waals surface area contributed by atoms with E-state index in [0.29, 0.717) is 0 Å². The molecule has 0 atom stereocenters. The van der Waals surface area contributed by atoms with Gasteiger partial charge in [-0.25, -0.2) is 4.39 Å². The largest absolute Gasteiger partial charge is 0.497 e. The molecule has 0 heterocycles. The summed E-state index contributed by atoms with van der Waals surface area (Å²) < 4.78 is 17.1. The fourth-order valence-corrected chi connectivity index (χ4v) is 10.4. The second-order valence-corrected chi connectivity index (χ2v) is 25.7. The molecule has 0 aliphatic heterocycles. The third kappa shape index (κ3) is 41.8. The molecule has 14 aromatic carbocycles. The van der Waals surface area contributed by atoms with Crippen molar-refractivity contribution in [2.75, 3.05) is 7.11 Å². The first-order valence-corrected chi connectivity index (χ1v) is 37.0. The molecule has 543 valence electrons. The summed E-state index contributed by atoms with van der Waals surface area (Å²) in [6.07, 6.45) is 5.03. The van der Waals surface area contributed by atoms with Crippen LogP contribution in [0.15, 0.2) is 388 Å². The maximum absolute atomic E-state index is 12.1. The molecule has 0 unspecified atom stereocenters. The zero-order valence-electron chi connectivity index (χ0n) is 64.3. The number of hydrogen-bond acceptors (Lipinski definition) is 1. The van der Waals surface area contributed by atoms with Crippen LogP contribution in [0, 0.1) is 47.4 Å². The van der Waals surface area contributed by atoms with Gasteiger partial charge in [-0.15, -0.1) is 0 Å². The minimum Gasteiger partial charge on any atom is -0.497 e. The predicted octanol–water partition coefficient (Wildman–Crippen LogP) is 19.9. The molecule has 109 heavy (non-hydrogen) atoms. The van der Waals surface area contributed by atoms with Gasteiger partial charge in [-0.2, -0.15) is 0 Å². The van der Waals surface area contributed by atoms with Crippen LogP contribution in [0.3, 0.4) is 0 Å². The van der Waals surface area contributed by atoms with E-state index in [1.165, 1.54) is 106 Å². The number of hydrogen-bond donors (Lipinski definition) is 0. The molecule has 14 rings (SSSR count). The van der Waals surface area contributed by atoms with Crippen LogP contribution in [-0.4, -0.2) is 58.1 Å².